The molecule has 0 aliphatic carbocycles. The van der Waals surface area contributed by atoms with Crippen LogP contribution in [-0.4, -0.2) is 5.91 Å². The van der Waals surface area contributed by atoms with Crippen molar-refractivity contribution in [2.75, 3.05) is 5.32 Å². The lowest BCUT2D eigenvalue weighted by Gasteiger charge is -2.07. The van der Waals surface area contributed by atoms with Crippen LogP contribution in [0.15, 0.2) is 48.5 Å². The van der Waals surface area contributed by atoms with Crippen molar-refractivity contribution < 1.29 is 4.79 Å². The van der Waals surface area contributed by atoms with Crippen LogP contribution in [-0.2, 0) is 0 Å². The molecule has 1 N–H and O–H groups in total. The molecule has 0 spiro atoms. The van der Waals surface area contributed by atoms with Crippen molar-refractivity contribution in [2.24, 2.45) is 0 Å². The van der Waals surface area contributed by atoms with Crippen molar-refractivity contribution in [3.63, 3.8) is 0 Å². The van der Waals surface area contributed by atoms with Gasteiger partial charge in [-0.25, -0.2) is 0 Å². The Morgan fingerprint density at radius 3 is 2.47 bits per heavy atom. The number of hydrogen-bond donors (Lipinski definition) is 1. The van der Waals surface area contributed by atoms with Gasteiger partial charge >= 0.3 is 0 Å². The highest BCUT2D eigenvalue weighted by Gasteiger charge is 2.09. The maximum atomic E-state index is 12.0. The summed E-state index contributed by atoms with van der Waals surface area (Å²) in [5.74, 6) is -0.0689. The number of halogens is 1. The van der Waals surface area contributed by atoms with E-state index in [1.54, 1.807) is 0 Å². The van der Waals surface area contributed by atoms with E-state index in [9.17, 15) is 4.79 Å². The largest absolute Gasteiger partial charge is 0.322 e. The zero-order valence-electron chi connectivity index (χ0n) is 9.41. The molecule has 0 aliphatic heterocycles. The fourth-order valence-electron chi connectivity index (χ4n) is 1.52. The maximum Gasteiger partial charge on any atom is 0.256 e. The van der Waals surface area contributed by atoms with Gasteiger partial charge < -0.3 is 5.32 Å². The third kappa shape index (κ3) is 3.06. The van der Waals surface area contributed by atoms with Gasteiger partial charge in [0.2, 0.25) is 0 Å². The van der Waals surface area contributed by atoms with Crippen LogP contribution in [0.4, 0.5) is 5.69 Å². The third-order valence-electron chi connectivity index (χ3n) is 2.40. The van der Waals surface area contributed by atoms with Crippen LogP contribution in [0.25, 0.3) is 0 Å². The highest BCUT2D eigenvalue weighted by atomic mass is 127. The van der Waals surface area contributed by atoms with Crippen molar-refractivity contribution in [3.8, 4) is 0 Å². The quantitative estimate of drug-likeness (QED) is 0.829. The molecule has 0 bridgehead atoms. The molecule has 0 saturated carbocycles. The smallest absolute Gasteiger partial charge is 0.256 e. The first kappa shape index (κ1) is 12.1. The molecule has 17 heavy (non-hydrogen) atoms. The zero-order valence-corrected chi connectivity index (χ0v) is 11.6. The zero-order chi connectivity index (χ0) is 12.3. The molecule has 0 aliphatic rings. The minimum Gasteiger partial charge on any atom is -0.322 e. The number of para-hydroxylation sites is 1. The van der Waals surface area contributed by atoms with E-state index in [1.165, 1.54) is 0 Å². The van der Waals surface area contributed by atoms with Gasteiger partial charge in [0, 0.05) is 9.26 Å². The average molecular weight is 337 g/mol. The molecule has 0 fully saturated rings. The number of nitrogens with one attached hydrogen (secondary N) is 1. The highest BCUT2D eigenvalue weighted by Crippen LogP contribution is 2.16. The molecule has 2 aromatic carbocycles. The van der Waals surface area contributed by atoms with Crippen LogP contribution in [0, 0.1) is 10.5 Å². The first-order valence-electron chi connectivity index (χ1n) is 5.29. The molecule has 2 aromatic rings. The molecule has 0 atom stereocenters. The topological polar surface area (TPSA) is 29.1 Å². The normalized spacial score (nSPS) is 10.0. The molecule has 1 amide bonds. The van der Waals surface area contributed by atoms with E-state index in [4.69, 9.17) is 0 Å². The van der Waals surface area contributed by atoms with Gasteiger partial charge in [0.15, 0.2) is 0 Å². The van der Waals surface area contributed by atoms with Crippen molar-refractivity contribution in [1.29, 1.82) is 0 Å². The number of rotatable bonds is 2. The number of carbonyl (C=O) groups excluding carboxylic acids is 1. The van der Waals surface area contributed by atoms with Crippen molar-refractivity contribution >= 4 is 34.2 Å². The Morgan fingerprint density at radius 2 is 1.82 bits per heavy atom. The fraction of sp³-hybridized carbons (Fsp3) is 0.0714. The second-order valence-electron chi connectivity index (χ2n) is 3.80. The van der Waals surface area contributed by atoms with Gasteiger partial charge in [0.1, 0.15) is 0 Å². The minimum absolute atomic E-state index is 0.0689. The average Bonchev–Trinajstić information content (AvgIpc) is 2.30. The van der Waals surface area contributed by atoms with Crippen LogP contribution in [0.5, 0.6) is 0 Å². The molecular weight excluding hydrogens is 325 g/mol. The van der Waals surface area contributed by atoms with Gasteiger partial charge in [0.05, 0.1) is 5.56 Å². The maximum absolute atomic E-state index is 12.0. The van der Waals surface area contributed by atoms with E-state index in [0.717, 1.165) is 14.8 Å². The first-order valence-corrected chi connectivity index (χ1v) is 6.37. The van der Waals surface area contributed by atoms with Crippen LogP contribution in [0.1, 0.15) is 15.9 Å². The van der Waals surface area contributed by atoms with Gasteiger partial charge in [0.25, 0.3) is 5.91 Å². The Hall–Kier alpha value is -1.36. The second-order valence-corrected chi connectivity index (χ2v) is 4.97. The van der Waals surface area contributed by atoms with Crippen molar-refractivity contribution in [1.82, 2.24) is 0 Å². The summed E-state index contributed by atoms with van der Waals surface area (Å²) in [4.78, 5) is 12.0. The summed E-state index contributed by atoms with van der Waals surface area (Å²) in [6.07, 6.45) is 0. The van der Waals surface area contributed by atoms with Crippen LogP contribution < -0.4 is 5.32 Å². The summed E-state index contributed by atoms with van der Waals surface area (Å²) in [6.45, 7) is 2.01. The number of benzene rings is 2. The number of carbonyl (C=O) groups is 1. The summed E-state index contributed by atoms with van der Waals surface area (Å²) in [7, 11) is 0. The van der Waals surface area contributed by atoms with E-state index >= 15 is 0 Å². The van der Waals surface area contributed by atoms with Crippen LogP contribution in [0.3, 0.4) is 0 Å². The Balaban J connectivity index is 2.21. The molecule has 0 heterocycles. The van der Waals surface area contributed by atoms with Crippen LogP contribution in [0.2, 0.25) is 0 Å². The van der Waals surface area contributed by atoms with Gasteiger partial charge in [-0.05, 0) is 53.8 Å². The predicted octanol–water partition coefficient (Wildman–Crippen LogP) is 3.85. The predicted molar refractivity (Wildman–Crippen MR) is 78.3 cm³/mol. The minimum atomic E-state index is -0.0689. The van der Waals surface area contributed by atoms with Crippen LogP contribution >= 0.6 is 22.6 Å². The first-order chi connectivity index (χ1) is 8.16. The standard InChI is InChI=1S/C14H12INO/c1-10-7-8-12(13(15)9-10)14(17)16-11-5-3-2-4-6-11/h2-9H,1H3,(H,16,17). The second kappa shape index (κ2) is 5.31. The van der Waals surface area contributed by atoms with Gasteiger partial charge in [-0.1, -0.05) is 29.8 Å². The monoisotopic (exact) mass is 337 g/mol. The van der Waals surface area contributed by atoms with E-state index in [1.807, 2.05) is 55.5 Å². The molecule has 86 valence electrons. The molecule has 0 radical (unpaired) electrons. The number of anilines is 1. The third-order valence-corrected chi connectivity index (χ3v) is 3.29. The van der Waals surface area contributed by atoms with E-state index in [2.05, 4.69) is 27.9 Å². The number of aryl methyl sites for hydroxylation is 1. The molecule has 3 heteroatoms. The molecule has 0 saturated heterocycles. The highest BCUT2D eigenvalue weighted by molar-refractivity contribution is 14.1. The summed E-state index contributed by atoms with van der Waals surface area (Å²) >= 11 is 2.18. The summed E-state index contributed by atoms with van der Waals surface area (Å²) < 4.78 is 0.969. The Morgan fingerprint density at radius 1 is 1.12 bits per heavy atom. The fourth-order valence-corrected chi connectivity index (χ4v) is 2.44. The number of amides is 1. The van der Waals surface area contributed by atoms with E-state index in [0.29, 0.717) is 5.56 Å². The Bertz CT molecular complexity index is 537. The van der Waals surface area contributed by atoms with E-state index < -0.39 is 0 Å². The Kier molecular flexibility index (Phi) is 3.78. The summed E-state index contributed by atoms with van der Waals surface area (Å²) in [5.41, 5.74) is 2.68. The van der Waals surface area contributed by atoms with Gasteiger partial charge in [-0.15, -0.1) is 0 Å². The Labute approximate surface area is 114 Å². The summed E-state index contributed by atoms with van der Waals surface area (Å²) in [5, 5.41) is 2.87. The van der Waals surface area contributed by atoms with Crippen molar-refractivity contribution in [3.05, 3.63) is 63.2 Å². The summed E-state index contributed by atoms with van der Waals surface area (Å²) in [6, 6.07) is 15.3. The molecule has 2 nitrogen and oxygen atoms in total. The lowest BCUT2D eigenvalue weighted by Crippen LogP contribution is -2.13. The molecule has 0 unspecified atom stereocenters. The van der Waals surface area contributed by atoms with Gasteiger partial charge in [-0.3, -0.25) is 4.79 Å². The molecular formula is C14H12INO. The van der Waals surface area contributed by atoms with Gasteiger partial charge in [-0.2, -0.15) is 0 Å². The van der Waals surface area contributed by atoms with E-state index in [-0.39, 0.29) is 5.91 Å². The lowest BCUT2D eigenvalue weighted by molar-refractivity contribution is 0.102. The number of hydrogen-bond acceptors (Lipinski definition) is 1. The van der Waals surface area contributed by atoms with Crippen molar-refractivity contribution in [2.45, 2.75) is 6.92 Å². The SMILES string of the molecule is Cc1ccc(C(=O)Nc2ccccc2)c(I)c1. The molecule has 2 rings (SSSR count). The molecule has 0 aromatic heterocycles. The lowest BCUT2D eigenvalue weighted by atomic mass is 10.1.